The van der Waals surface area contributed by atoms with Crippen LogP contribution in [0.25, 0.3) is 0 Å². The Labute approximate surface area is 269 Å². The van der Waals surface area contributed by atoms with Gasteiger partial charge in [-0.15, -0.1) is 0 Å². The van der Waals surface area contributed by atoms with Crippen LogP contribution in [-0.4, -0.2) is 44.3 Å². The molecule has 4 nitrogen and oxygen atoms in total. The van der Waals surface area contributed by atoms with E-state index in [2.05, 4.69) is 117 Å². The maximum atomic E-state index is 10.9. The second kappa shape index (κ2) is 14.4. The highest BCUT2D eigenvalue weighted by atomic mass is 16.6. The molecule has 3 aliphatic rings. The molecule has 0 aromatic carbocycles. The second-order valence-corrected chi connectivity index (χ2v) is 16.4. The Morgan fingerprint density at radius 2 is 1.50 bits per heavy atom. The van der Waals surface area contributed by atoms with Crippen LogP contribution in [0.3, 0.4) is 0 Å². The topological polar surface area (TPSA) is 73.2 Å². The third kappa shape index (κ3) is 9.18. The van der Waals surface area contributed by atoms with Crippen molar-refractivity contribution in [3.05, 3.63) is 71.4 Å². The lowest BCUT2D eigenvalue weighted by Crippen LogP contribution is -2.50. The van der Waals surface area contributed by atoms with Gasteiger partial charge in [0.2, 0.25) is 0 Å². The highest BCUT2D eigenvalue weighted by Gasteiger charge is 2.75. The molecule has 2 saturated carbocycles. The van der Waals surface area contributed by atoms with Gasteiger partial charge in [0.1, 0.15) is 5.60 Å². The van der Waals surface area contributed by atoms with Gasteiger partial charge < -0.3 is 20.1 Å². The molecule has 248 valence electrons. The zero-order valence-corrected chi connectivity index (χ0v) is 29.6. The molecule has 0 radical (unpaired) electrons. The van der Waals surface area contributed by atoms with Gasteiger partial charge in [0.25, 0.3) is 0 Å². The van der Waals surface area contributed by atoms with Crippen LogP contribution in [0.1, 0.15) is 127 Å². The van der Waals surface area contributed by atoms with E-state index in [1.807, 2.05) is 6.92 Å². The predicted octanol–water partition coefficient (Wildman–Crippen LogP) is 9.34. The van der Waals surface area contributed by atoms with Gasteiger partial charge in [-0.3, -0.25) is 0 Å². The Hall–Kier alpha value is -1.72. The van der Waals surface area contributed by atoms with Gasteiger partial charge in [0, 0.05) is 18.8 Å². The van der Waals surface area contributed by atoms with Crippen LogP contribution in [0.4, 0.5) is 0 Å². The molecular formula is C40H64O4. The molecule has 2 aliphatic carbocycles. The molecule has 0 spiro atoms. The second-order valence-electron chi connectivity index (χ2n) is 16.4. The highest BCUT2D eigenvalue weighted by Crippen LogP contribution is 2.67. The highest BCUT2D eigenvalue weighted by molar-refractivity contribution is 5.29. The van der Waals surface area contributed by atoms with Crippen molar-refractivity contribution in [3.63, 3.8) is 0 Å². The van der Waals surface area contributed by atoms with Crippen LogP contribution in [0.2, 0.25) is 0 Å². The van der Waals surface area contributed by atoms with Crippen molar-refractivity contribution in [1.82, 2.24) is 0 Å². The van der Waals surface area contributed by atoms with Crippen molar-refractivity contribution in [2.75, 3.05) is 0 Å². The summed E-state index contributed by atoms with van der Waals surface area (Å²) >= 11 is 0. The van der Waals surface area contributed by atoms with Crippen LogP contribution >= 0.6 is 0 Å². The summed E-state index contributed by atoms with van der Waals surface area (Å²) in [5.74, 6) is 0.641. The van der Waals surface area contributed by atoms with Gasteiger partial charge in [-0.2, -0.15) is 0 Å². The van der Waals surface area contributed by atoms with E-state index in [1.54, 1.807) is 0 Å². The van der Waals surface area contributed by atoms with Crippen molar-refractivity contribution in [2.45, 2.75) is 156 Å². The Balaban J connectivity index is 1.38. The molecule has 0 bridgehead atoms. The lowest BCUT2D eigenvalue weighted by atomic mass is 9.61. The molecule has 0 amide bonds. The quantitative estimate of drug-likeness (QED) is 0.111. The predicted molar refractivity (Wildman–Crippen MR) is 185 cm³/mol. The van der Waals surface area contributed by atoms with E-state index in [9.17, 15) is 15.3 Å². The number of fused-ring (bicyclic) bond motifs is 1. The lowest BCUT2D eigenvalue weighted by molar-refractivity contribution is -0.111. The molecule has 4 heteroatoms. The number of allylic oxidation sites excluding steroid dienone is 11. The standard InChI is InChI=1S/C40H64O4/c1-29(17-13-19-31(3)21-22-35-36(5,6)25-33(41)27-38(35,9)43)15-11-12-16-30(2)18-14-20-32(4)23-24-40-37(7,8)26-34(42)28-39(40,10)44-40/h11-13,15,17,19-22,30,33-35,41-43H,14,16,18,23-28H2,1-10H3/b12-11?,17-13+,22-21?,29-15+,31-19+,32-20-/t30?,33-,34-,35?,38+,39+,40-/m0/s1. The molecule has 7 atom stereocenters. The largest absolute Gasteiger partial charge is 0.393 e. The fourth-order valence-electron chi connectivity index (χ4n) is 8.52. The monoisotopic (exact) mass is 608 g/mol. The number of epoxide rings is 1. The zero-order valence-electron chi connectivity index (χ0n) is 29.6. The first-order valence-electron chi connectivity index (χ1n) is 17.1. The van der Waals surface area contributed by atoms with E-state index < -0.39 is 11.7 Å². The summed E-state index contributed by atoms with van der Waals surface area (Å²) in [4.78, 5) is 0. The number of rotatable bonds is 13. The van der Waals surface area contributed by atoms with Gasteiger partial charge in [0.05, 0.1) is 23.4 Å². The summed E-state index contributed by atoms with van der Waals surface area (Å²) in [5, 5.41) is 31.4. The maximum absolute atomic E-state index is 10.9. The first kappa shape index (κ1) is 36.7. The smallest absolute Gasteiger partial charge is 0.103 e. The number of ether oxygens (including phenoxy) is 1. The summed E-state index contributed by atoms with van der Waals surface area (Å²) in [7, 11) is 0. The fourth-order valence-corrected chi connectivity index (χ4v) is 8.52. The summed E-state index contributed by atoms with van der Waals surface area (Å²) < 4.78 is 6.36. The van der Waals surface area contributed by atoms with Crippen molar-refractivity contribution >= 4 is 0 Å². The SMILES string of the molecule is C/C(=C/CCC(C)CC=C/C=C(C)/C=C/C=C(\C)C=CC1C(C)(C)C[C@H](O)C[C@@]1(C)O)CC[C@@]12O[C@]1(C)C[C@@H](O)CC2(C)C. The van der Waals surface area contributed by atoms with Gasteiger partial charge in [-0.1, -0.05) is 106 Å². The zero-order chi connectivity index (χ0) is 33.0. The normalized spacial score (nSPS) is 36.8. The summed E-state index contributed by atoms with van der Waals surface area (Å²) in [6.07, 6.45) is 27.1. The summed E-state index contributed by atoms with van der Waals surface area (Å²) in [6.45, 7) is 21.6. The Morgan fingerprint density at radius 3 is 2.16 bits per heavy atom. The van der Waals surface area contributed by atoms with Crippen LogP contribution < -0.4 is 0 Å². The Bertz CT molecular complexity index is 1140. The van der Waals surface area contributed by atoms with Crippen molar-refractivity contribution < 1.29 is 20.1 Å². The maximum Gasteiger partial charge on any atom is 0.103 e. The van der Waals surface area contributed by atoms with Crippen LogP contribution in [0.5, 0.6) is 0 Å². The Morgan fingerprint density at radius 1 is 0.864 bits per heavy atom. The van der Waals surface area contributed by atoms with Crippen molar-refractivity contribution in [2.24, 2.45) is 22.7 Å². The van der Waals surface area contributed by atoms with Crippen molar-refractivity contribution in [1.29, 1.82) is 0 Å². The molecule has 0 aromatic rings. The third-order valence-electron chi connectivity index (χ3n) is 10.9. The molecule has 2 unspecified atom stereocenters. The molecule has 0 aromatic heterocycles. The number of hydrogen-bond donors (Lipinski definition) is 3. The average molecular weight is 609 g/mol. The molecular weight excluding hydrogens is 544 g/mol. The van der Waals surface area contributed by atoms with Crippen LogP contribution in [0.15, 0.2) is 71.4 Å². The first-order valence-corrected chi connectivity index (χ1v) is 17.1. The average Bonchev–Trinajstić information content (AvgIpc) is 3.49. The minimum atomic E-state index is -0.903. The number of aliphatic hydroxyl groups excluding tert-OH is 2. The number of aliphatic hydroxyl groups is 3. The van der Waals surface area contributed by atoms with E-state index in [1.165, 1.54) is 17.6 Å². The molecule has 1 aliphatic heterocycles. The first-order chi connectivity index (χ1) is 20.3. The molecule has 44 heavy (non-hydrogen) atoms. The minimum absolute atomic E-state index is 0.000512. The third-order valence-corrected chi connectivity index (χ3v) is 10.9. The van der Waals surface area contributed by atoms with Gasteiger partial charge in [-0.05, 0) is 96.3 Å². The van der Waals surface area contributed by atoms with E-state index in [0.29, 0.717) is 18.8 Å². The fraction of sp³-hybridized carbons (Fsp3) is 0.700. The molecule has 3 N–H and O–H groups in total. The molecule has 3 rings (SSSR count). The lowest BCUT2D eigenvalue weighted by Gasteiger charge is -2.48. The minimum Gasteiger partial charge on any atom is -0.393 e. The van der Waals surface area contributed by atoms with Crippen molar-refractivity contribution in [3.8, 4) is 0 Å². The van der Waals surface area contributed by atoms with Gasteiger partial charge in [-0.25, -0.2) is 0 Å². The molecule has 1 heterocycles. The molecule has 3 fully saturated rings. The Kier molecular flexibility index (Phi) is 12.0. The summed E-state index contributed by atoms with van der Waals surface area (Å²) in [5.41, 5.74) is 2.51. The van der Waals surface area contributed by atoms with Gasteiger partial charge >= 0.3 is 0 Å². The van der Waals surface area contributed by atoms with Gasteiger partial charge in [0.15, 0.2) is 0 Å². The molecule has 1 saturated heterocycles. The van der Waals surface area contributed by atoms with E-state index >= 15 is 0 Å². The van der Waals surface area contributed by atoms with E-state index in [0.717, 1.165) is 44.1 Å². The van der Waals surface area contributed by atoms with Crippen LogP contribution in [0, 0.1) is 22.7 Å². The van der Waals surface area contributed by atoms with E-state index in [-0.39, 0.29) is 34.1 Å². The number of hydrogen-bond acceptors (Lipinski definition) is 4. The van der Waals surface area contributed by atoms with E-state index in [4.69, 9.17) is 4.74 Å². The van der Waals surface area contributed by atoms with Crippen LogP contribution in [-0.2, 0) is 4.74 Å². The summed E-state index contributed by atoms with van der Waals surface area (Å²) in [6, 6.07) is 0.